The van der Waals surface area contributed by atoms with Crippen LogP contribution in [-0.4, -0.2) is 17.9 Å². The van der Waals surface area contributed by atoms with Gasteiger partial charge in [0.1, 0.15) is 11.9 Å². The first-order valence-corrected chi connectivity index (χ1v) is 9.32. The molecule has 0 amide bonds. The first-order chi connectivity index (χ1) is 11.6. The fraction of sp³-hybridized carbons (Fsp3) is 0.636. The molecule has 0 aromatic carbocycles. The van der Waals surface area contributed by atoms with E-state index in [1.807, 2.05) is 0 Å². The SMILES string of the molecule is C=C(C)C1CC(=O)C2(C)CC=C(C)CC(OC(C)=O)C=C(C)CCC12. The lowest BCUT2D eigenvalue weighted by Gasteiger charge is -2.32. The van der Waals surface area contributed by atoms with Gasteiger partial charge < -0.3 is 4.74 Å². The second-order valence-corrected chi connectivity index (χ2v) is 8.26. The van der Waals surface area contributed by atoms with Crippen LogP contribution < -0.4 is 0 Å². The van der Waals surface area contributed by atoms with E-state index >= 15 is 0 Å². The molecular weight excluding hydrogens is 312 g/mol. The summed E-state index contributed by atoms with van der Waals surface area (Å²) >= 11 is 0. The molecule has 0 spiro atoms. The summed E-state index contributed by atoms with van der Waals surface area (Å²) in [5.41, 5.74) is 3.20. The minimum Gasteiger partial charge on any atom is -0.458 e. The Morgan fingerprint density at radius 3 is 2.52 bits per heavy atom. The number of carbonyl (C=O) groups excluding carboxylic acids is 2. The van der Waals surface area contributed by atoms with Crippen LogP contribution in [0.4, 0.5) is 0 Å². The van der Waals surface area contributed by atoms with Gasteiger partial charge in [-0.15, -0.1) is 0 Å². The Kier molecular flexibility index (Phi) is 6.08. The number of carbonyl (C=O) groups is 2. The van der Waals surface area contributed by atoms with Gasteiger partial charge in [-0.2, -0.15) is 0 Å². The molecule has 1 fully saturated rings. The van der Waals surface area contributed by atoms with E-state index < -0.39 is 0 Å². The van der Waals surface area contributed by atoms with Gasteiger partial charge in [0.2, 0.25) is 0 Å². The van der Waals surface area contributed by atoms with E-state index in [-0.39, 0.29) is 23.4 Å². The van der Waals surface area contributed by atoms with Crippen LogP contribution in [0.25, 0.3) is 0 Å². The molecule has 0 aromatic heterocycles. The number of rotatable bonds is 2. The highest BCUT2D eigenvalue weighted by Gasteiger charge is 2.50. The molecule has 0 bridgehead atoms. The van der Waals surface area contributed by atoms with Crippen molar-refractivity contribution in [3.8, 4) is 0 Å². The van der Waals surface area contributed by atoms with Gasteiger partial charge in [-0.3, -0.25) is 9.59 Å². The topological polar surface area (TPSA) is 43.4 Å². The van der Waals surface area contributed by atoms with Crippen LogP contribution in [0.5, 0.6) is 0 Å². The summed E-state index contributed by atoms with van der Waals surface area (Å²) < 4.78 is 5.47. The summed E-state index contributed by atoms with van der Waals surface area (Å²) in [6, 6.07) is 0. The number of fused-ring (bicyclic) bond motifs is 1. The van der Waals surface area contributed by atoms with Crippen molar-refractivity contribution in [3.63, 3.8) is 0 Å². The molecule has 0 heterocycles. The summed E-state index contributed by atoms with van der Waals surface area (Å²) in [7, 11) is 0. The number of esters is 1. The fourth-order valence-electron chi connectivity index (χ4n) is 4.45. The molecule has 3 nitrogen and oxygen atoms in total. The summed E-state index contributed by atoms with van der Waals surface area (Å²) in [5, 5.41) is 0. The highest BCUT2D eigenvalue weighted by molar-refractivity contribution is 5.88. The van der Waals surface area contributed by atoms with Gasteiger partial charge in [-0.25, -0.2) is 0 Å². The van der Waals surface area contributed by atoms with Crippen molar-refractivity contribution < 1.29 is 14.3 Å². The third-order valence-corrected chi connectivity index (χ3v) is 6.01. The molecule has 0 aromatic rings. The van der Waals surface area contributed by atoms with Gasteiger partial charge in [0.25, 0.3) is 0 Å². The van der Waals surface area contributed by atoms with Crippen molar-refractivity contribution in [1.29, 1.82) is 0 Å². The number of hydrogen-bond acceptors (Lipinski definition) is 3. The molecule has 138 valence electrons. The number of ether oxygens (including phenoxy) is 1. The molecule has 4 atom stereocenters. The standard InChI is InChI=1S/C22H32O3/c1-14(2)19-13-21(24)22(6)10-9-16(4)12-18(25-17(5)23)11-15(3)7-8-20(19)22/h9,11,18-20H,1,7-8,10,12-13H2,2-6H3. The lowest BCUT2D eigenvalue weighted by molar-refractivity contribution is -0.144. The van der Waals surface area contributed by atoms with E-state index in [1.54, 1.807) is 0 Å². The third-order valence-electron chi connectivity index (χ3n) is 6.01. The van der Waals surface area contributed by atoms with E-state index in [2.05, 4.69) is 46.4 Å². The van der Waals surface area contributed by atoms with Crippen LogP contribution in [0.2, 0.25) is 0 Å². The first-order valence-electron chi connectivity index (χ1n) is 9.32. The van der Waals surface area contributed by atoms with E-state index in [0.29, 0.717) is 24.5 Å². The van der Waals surface area contributed by atoms with Gasteiger partial charge in [0.05, 0.1) is 0 Å². The smallest absolute Gasteiger partial charge is 0.303 e. The Morgan fingerprint density at radius 2 is 1.92 bits per heavy atom. The number of ketones is 1. The van der Waals surface area contributed by atoms with Gasteiger partial charge >= 0.3 is 5.97 Å². The monoisotopic (exact) mass is 344 g/mol. The number of Topliss-reactive ketones (excluding diaryl/α,β-unsaturated/α-hetero) is 1. The van der Waals surface area contributed by atoms with Crippen LogP contribution in [0, 0.1) is 17.3 Å². The Bertz CT molecular complexity index is 625. The lowest BCUT2D eigenvalue weighted by atomic mass is 9.70. The third kappa shape index (κ3) is 4.50. The van der Waals surface area contributed by atoms with Crippen molar-refractivity contribution in [1.82, 2.24) is 0 Å². The Morgan fingerprint density at radius 1 is 1.24 bits per heavy atom. The molecule has 2 aliphatic carbocycles. The fourth-order valence-corrected chi connectivity index (χ4v) is 4.45. The zero-order valence-electron chi connectivity index (χ0n) is 16.4. The van der Waals surface area contributed by atoms with Crippen LogP contribution in [0.3, 0.4) is 0 Å². The number of allylic oxidation sites excluding steroid dienone is 3. The average Bonchev–Trinajstić information content (AvgIpc) is 2.73. The predicted octanol–water partition coefficient (Wildman–Crippen LogP) is 5.17. The number of hydrogen-bond donors (Lipinski definition) is 0. The normalized spacial score (nSPS) is 33.6. The van der Waals surface area contributed by atoms with Crippen LogP contribution >= 0.6 is 0 Å². The van der Waals surface area contributed by atoms with Gasteiger partial charge in [-0.1, -0.05) is 36.3 Å². The molecule has 3 heteroatoms. The summed E-state index contributed by atoms with van der Waals surface area (Å²) in [4.78, 5) is 24.2. The molecule has 2 aliphatic rings. The van der Waals surface area contributed by atoms with Gasteiger partial charge in [0.15, 0.2) is 0 Å². The largest absolute Gasteiger partial charge is 0.458 e. The highest BCUT2D eigenvalue weighted by atomic mass is 16.5. The molecule has 0 N–H and O–H groups in total. The van der Waals surface area contributed by atoms with E-state index in [9.17, 15) is 9.59 Å². The average molecular weight is 344 g/mol. The molecule has 0 radical (unpaired) electrons. The van der Waals surface area contributed by atoms with Crippen molar-refractivity contribution in [3.05, 3.63) is 35.5 Å². The summed E-state index contributed by atoms with van der Waals surface area (Å²) in [6.07, 6.45) is 8.02. The molecule has 0 saturated heterocycles. The second kappa shape index (κ2) is 7.72. The van der Waals surface area contributed by atoms with Crippen molar-refractivity contribution in [2.45, 2.75) is 72.8 Å². The Labute approximate surface area is 152 Å². The van der Waals surface area contributed by atoms with Crippen LogP contribution in [0.15, 0.2) is 35.5 Å². The Hall–Kier alpha value is -1.64. The van der Waals surface area contributed by atoms with Gasteiger partial charge in [-0.05, 0) is 57.9 Å². The van der Waals surface area contributed by atoms with Crippen molar-refractivity contribution in [2.24, 2.45) is 17.3 Å². The Balaban J connectivity index is 2.36. The van der Waals surface area contributed by atoms with Crippen molar-refractivity contribution >= 4 is 11.8 Å². The van der Waals surface area contributed by atoms with Crippen molar-refractivity contribution in [2.75, 3.05) is 0 Å². The minimum atomic E-state index is -0.313. The van der Waals surface area contributed by atoms with Crippen LogP contribution in [0.1, 0.15) is 66.7 Å². The van der Waals surface area contributed by atoms with E-state index in [0.717, 1.165) is 24.8 Å². The zero-order valence-corrected chi connectivity index (χ0v) is 16.4. The maximum absolute atomic E-state index is 12.8. The van der Waals surface area contributed by atoms with Gasteiger partial charge in [0, 0.05) is 25.2 Å². The van der Waals surface area contributed by atoms with E-state index in [1.165, 1.54) is 18.1 Å². The summed E-state index contributed by atoms with van der Waals surface area (Å²) in [5.74, 6) is 0.726. The quantitative estimate of drug-likeness (QED) is 0.512. The second-order valence-electron chi connectivity index (χ2n) is 8.26. The molecule has 0 aliphatic heterocycles. The van der Waals surface area contributed by atoms with E-state index in [4.69, 9.17) is 4.74 Å². The maximum Gasteiger partial charge on any atom is 0.303 e. The molecule has 4 unspecified atom stereocenters. The molecule has 1 saturated carbocycles. The zero-order chi connectivity index (χ0) is 18.8. The molecular formula is C22H32O3. The first kappa shape index (κ1) is 19.7. The minimum absolute atomic E-state index is 0.216. The maximum atomic E-state index is 12.8. The molecule has 2 rings (SSSR count). The highest BCUT2D eigenvalue weighted by Crippen LogP contribution is 2.51. The lowest BCUT2D eigenvalue weighted by Crippen LogP contribution is -2.30. The molecule has 25 heavy (non-hydrogen) atoms. The predicted molar refractivity (Wildman–Crippen MR) is 101 cm³/mol. The summed E-state index contributed by atoms with van der Waals surface area (Å²) in [6.45, 7) is 13.9. The van der Waals surface area contributed by atoms with Crippen LogP contribution in [-0.2, 0) is 14.3 Å².